The fourth-order valence-corrected chi connectivity index (χ4v) is 5.55. The number of hydrogen-bond acceptors (Lipinski definition) is 4. The maximum absolute atomic E-state index is 13.6. The van der Waals surface area contributed by atoms with Gasteiger partial charge in [0.1, 0.15) is 0 Å². The van der Waals surface area contributed by atoms with Crippen molar-refractivity contribution in [1.82, 2.24) is 0 Å². The largest absolute Gasteiger partial charge is 0.455 e. The average molecular weight is 383 g/mol. The molecule has 4 atom stereocenters. The van der Waals surface area contributed by atoms with Crippen LogP contribution in [0.3, 0.4) is 0 Å². The van der Waals surface area contributed by atoms with Crippen LogP contribution in [0, 0.1) is 34.7 Å². The summed E-state index contributed by atoms with van der Waals surface area (Å²) in [6, 6.07) is 1.58. The van der Waals surface area contributed by atoms with E-state index in [1.807, 2.05) is 0 Å². The number of hydrogen-bond donors (Lipinski definition) is 2. The van der Waals surface area contributed by atoms with E-state index < -0.39 is 52.6 Å². The van der Waals surface area contributed by atoms with E-state index in [0.29, 0.717) is 38.2 Å². The number of esters is 1. The summed E-state index contributed by atoms with van der Waals surface area (Å²) < 4.78 is 44.9. The Morgan fingerprint density at radius 3 is 2.41 bits per heavy atom. The van der Waals surface area contributed by atoms with E-state index in [4.69, 9.17) is 4.74 Å². The van der Waals surface area contributed by atoms with Crippen molar-refractivity contribution in [3.63, 3.8) is 0 Å². The summed E-state index contributed by atoms with van der Waals surface area (Å²) >= 11 is 0. The van der Waals surface area contributed by atoms with Gasteiger partial charge < -0.3 is 15.2 Å². The van der Waals surface area contributed by atoms with E-state index in [-0.39, 0.29) is 11.8 Å². The number of aliphatic hydroxyl groups is 1. The van der Waals surface area contributed by atoms with E-state index in [9.17, 15) is 27.9 Å². The molecule has 2 unspecified atom stereocenters. The van der Waals surface area contributed by atoms with Gasteiger partial charge in [-0.25, -0.2) is 13.2 Å². The minimum Gasteiger partial charge on any atom is -0.455 e. The molecule has 0 spiro atoms. The molecule has 1 aromatic rings. The Morgan fingerprint density at radius 1 is 1.11 bits per heavy atom. The van der Waals surface area contributed by atoms with Gasteiger partial charge in [-0.15, -0.1) is 0 Å². The van der Waals surface area contributed by atoms with E-state index in [0.717, 1.165) is 12.5 Å². The van der Waals surface area contributed by atoms with Crippen molar-refractivity contribution < 1.29 is 32.6 Å². The maximum atomic E-state index is 13.6. The van der Waals surface area contributed by atoms with E-state index in [2.05, 4.69) is 5.32 Å². The smallest absolute Gasteiger partial charge is 0.312 e. The zero-order valence-electron chi connectivity index (χ0n) is 14.6. The van der Waals surface area contributed by atoms with Crippen LogP contribution in [0.1, 0.15) is 38.5 Å². The minimum atomic E-state index is -1.69. The van der Waals surface area contributed by atoms with E-state index >= 15 is 0 Å². The Morgan fingerprint density at radius 2 is 1.78 bits per heavy atom. The van der Waals surface area contributed by atoms with Gasteiger partial charge >= 0.3 is 5.97 Å². The molecular formula is C19H20F3NO4. The second-order valence-corrected chi connectivity index (χ2v) is 8.31. The quantitative estimate of drug-likeness (QED) is 0.619. The third-order valence-electron chi connectivity index (χ3n) is 6.11. The first-order chi connectivity index (χ1) is 12.7. The van der Waals surface area contributed by atoms with Crippen molar-refractivity contribution in [2.24, 2.45) is 17.3 Å². The molecule has 0 aliphatic heterocycles. The van der Waals surface area contributed by atoms with Gasteiger partial charge in [0.25, 0.3) is 5.91 Å². The molecule has 0 aromatic heterocycles. The molecule has 5 nitrogen and oxygen atoms in total. The molecule has 0 saturated heterocycles. The van der Waals surface area contributed by atoms with Gasteiger partial charge in [-0.1, -0.05) is 0 Å². The standard InChI is InChI=1S/C19H20F3NO4/c20-12-1-2-13(16(22)15(12)21)23-14(24)8-27-17(25)18-4-10-3-11(5-18)7-19(26,6-10)9-18/h1-2,10-11,26H,3-9H2,(H,23,24)/t10-,11+,18?,19?. The van der Waals surface area contributed by atoms with Crippen molar-refractivity contribution in [2.75, 3.05) is 11.9 Å². The zero-order chi connectivity index (χ0) is 19.4. The van der Waals surface area contributed by atoms with Crippen molar-refractivity contribution in [3.05, 3.63) is 29.6 Å². The highest BCUT2D eigenvalue weighted by molar-refractivity contribution is 5.93. The first kappa shape index (κ1) is 18.3. The number of anilines is 1. The van der Waals surface area contributed by atoms with Crippen LogP contribution in [0.15, 0.2) is 12.1 Å². The molecule has 1 amide bonds. The molecule has 2 N–H and O–H groups in total. The SMILES string of the molecule is O=C(COC(=O)C12C[C@@H]3C[C@@H](CC(O)(C3)C1)C2)Nc1ccc(F)c(F)c1F. The number of carbonyl (C=O) groups excluding carboxylic acids is 2. The summed E-state index contributed by atoms with van der Waals surface area (Å²) in [5.41, 5.74) is -2.13. The van der Waals surface area contributed by atoms with Crippen molar-refractivity contribution >= 4 is 17.6 Å². The number of benzene rings is 1. The molecule has 1 aromatic carbocycles. The van der Waals surface area contributed by atoms with Crippen LogP contribution in [0.2, 0.25) is 0 Å². The summed E-state index contributed by atoms with van der Waals surface area (Å²) in [6.45, 7) is -0.660. The lowest BCUT2D eigenvalue weighted by Gasteiger charge is -2.58. The number of ether oxygens (including phenoxy) is 1. The van der Waals surface area contributed by atoms with Crippen LogP contribution in [0.25, 0.3) is 0 Å². The molecule has 27 heavy (non-hydrogen) atoms. The molecule has 4 saturated carbocycles. The van der Waals surface area contributed by atoms with Crippen molar-refractivity contribution in [2.45, 2.75) is 44.1 Å². The monoisotopic (exact) mass is 383 g/mol. The topological polar surface area (TPSA) is 75.6 Å². The normalized spacial score (nSPS) is 33.8. The maximum Gasteiger partial charge on any atom is 0.312 e. The Kier molecular flexibility index (Phi) is 4.21. The fraction of sp³-hybridized carbons (Fsp3) is 0.579. The van der Waals surface area contributed by atoms with Crippen LogP contribution in [-0.2, 0) is 14.3 Å². The number of nitrogens with one attached hydrogen (secondary N) is 1. The van der Waals surface area contributed by atoms with Crippen molar-refractivity contribution in [3.8, 4) is 0 Å². The second-order valence-electron chi connectivity index (χ2n) is 8.31. The summed E-state index contributed by atoms with van der Waals surface area (Å²) in [4.78, 5) is 24.6. The van der Waals surface area contributed by atoms with Gasteiger partial charge in [0.2, 0.25) is 0 Å². The highest BCUT2D eigenvalue weighted by Crippen LogP contribution is 2.61. The van der Waals surface area contributed by atoms with Crippen LogP contribution in [-0.4, -0.2) is 29.2 Å². The van der Waals surface area contributed by atoms with Gasteiger partial charge in [-0.2, -0.15) is 0 Å². The van der Waals surface area contributed by atoms with Crippen molar-refractivity contribution in [1.29, 1.82) is 0 Å². The molecule has 4 aliphatic rings. The predicted molar refractivity (Wildman–Crippen MR) is 88.0 cm³/mol. The Balaban J connectivity index is 1.38. The lowest BCUT2D eigenvalue weighted by molar-refractivity contribution is -0.196. The Bertz CT molecular complexity index is 798. The van der Waals surface area contributed by atoms with Gasteiger partial charge in [0.05, 0.1) is 16.7 Å². The lowest BCUT2D eigenvalue weighted by Crippen LogP contribution is -2.58. The van der Waals surface area contributed by atoms with Gasteiger partial charge in [0.15, 0.2) is 24.1 Å². The van der Waals surface area contributed by atoms with E-state index in [1.54, 1.807) is 0 Å². The fourth-order valence-electron chi connectivity index (χ4n) is 5.55. The minimum absolute atomic E-state index is 0.286. The summed E-state index contributed by atoms with van der Waals surface area (Å²) in [6.07, 6.45) is 4.04. The van der Waals surface area contributed by atoms with Crippen LogP contribution < -0.4 is 5.32 Å². The third kappa shape index (κ3) is 3.20. The molecule has 4 aliphatic carbocycles. The number of halogens is 3. The van der Waals surface area contributed by atoms with Crippen LogP contribution >= 0.6 is 0 Å². The molecular weight excluding hydrogens is 363 g/mol. The molecule has 4 bridgehead atoms. The molecule has 8 heteroatoms. The highest BCUT2D eigenvalue weighted by Gasteiger charge is 2.60. The van der Waals surface area contributed by atoms with Crippen LogP contribution in [0.5, 0.6) is 0 Å². The summed E-state index contributed by atoms with van der Waals surface area (Å²) in [5.74, 6) is -5.38. The number of carbonyl (C=O) groups is 2. The lowest BCUT2D eigenvalue weighted by atomic mass is 9.48. The molecule has 4 fully saturated rings. The molecule has 146 valence electrons. The van der Waals surface area contributed by atoms with Gasteiger partial charge in [-0.05, 0) is 62.5 Å². The molecule has 5 rings (SSSR count). The van der Waals surface area contributed by atoms with Gasteiger partial charge in [0, 0.05) is 0 Å². The number of amides is 1. The van der Waals surface area contributed by atoms with Crippen LogP contribution in [0.4, 0.5) is 18.9 Å². The summed E-state index contributed by atoms with van der Waals surface area (Å²) in [5, 5.41) is 12.7. The van der Waals surface area contributed by atoms with E-state index in [1.165, 1.54) is 0 Å². The Hall–Kier alpha value is -2.09. The average Bonchev–Trinajstić information content (AvgIpc) is 2.58. The molecule has 0 heterocycles. The highest BCUT2D eigenvalue weighted by atomic mass is 19.2. The Labute approximate surface area is 153 Å². The summed E-state index contributed by atoms with van der Waals surface area (Å²) in [7, 11) is 0. The zero-order valence-corrected chi connectivity index (χ0v) is 14.6. The van der Waals surface area contributed by atoms with Gasteiger partial charge in [-0.3, -0.25) is 9.59 Å². The first-order valence-corrected chi connectivity index (χ1v) is 9.03. The first-order valence-electron chi connectivity index (χ1n) is 9.03. The third-order valence-corrected chi connectivity index (χ3v) is 6.11. The molecule has 0 radical (unpaired) electrons. The second kappa shape index (κ2) is 6.22. The number of rotatable bonds is 4. The predicted octanol–water partition coefficient (Wildman–Crippen LogP) is 2.92.